The number of aryl methyl sites for hydroxylation is 1. The Bertz CT molecular complexity index is 1030. The lowest BCUT2D eigenvalue weighted by atomic mass is 9.92. The second-order valence-electron chi connectivity index (χ2n) is 6.67. The van der Waals surface area contributed by atoms with Crippen molar-refractivity contribution in [1.82, 2.24) is 19.9 Å². The Balaban J connectivity index is 1.50. The molecule has 1 saturated heterocycles. The van der Waals surface area contributed by atoms with Crippen LogP contribution < -0.4 is 0 Å². The van der Waals surface area contributed by atoms with Gasteiger partial charge in [0.05, 0.1) is 16.1 Å². The van der Waals surface area contributed by atoms with Gasteiger partial charge in [-0.3, -0.25) is 9.78 Å². The number of hydrogen-bond acceptors (Lipinski definition) is 6. The first-order chi connectivity index (χ1) is 13.2. The van der Waals surface area contributed by atoms with Crippen LogP contribution in [-0.2, 0) is 6.42 Å². The third-order valence-electron chi connectivity index (χ3n) is 5.06. The lowest BCUT2D eigenvalue weighted by molar-refractivity contribution is 0.0717. The van der Waals surface area contributed by atoms with Gasteiger partial charge in [0.1, 0.15) is 22.8 Å². The van der Waals surface area contributed by atoms with Crippen LogP contribution in [-0.4, -0.2) is 38.8 Å². The molecule has 27 heavy (non-hydrogen) atoms. The smallest absolute Gasteiger partial charge is 0.263 e. The number of thiophene rings is 1. The molecule has 6 nitrogen and oxygen atoms in total. The highest BCUT2D eigenvalue weighted by Gasteiger charge is 2.27. The molecule has 0 N–H and O–H groups in total. The minimum absolute atomic E-state index is 0.0122. The van der Waals surface area contributed by atoms with Gasteiger partial charge in [-0.25, -0.2) is 9.97 Å². The van der Waals surface area contributed by atoms with Gasteiger partial charge in [-0.2, -0.15) is 5.26 Å². The summed E-state index contributed by atoms with van der Waals surface area (Å²) in [6, 6.07) is 7.61. The molecule has 1 amide bonds. The van der Waals surface area contributed by atoms with E-state index in [4.69, 9.17) is 5.26 Å². The molecule has 7 heteroatoms. The van der Waals surface area contributed by atoms with Crippen LogP contribution in [0.5, 0.6) is 0 Å². The van der Waals surface area contributed by atoms with E-state index < -0.39 is 0 Å². The van der Waals surface area contributed by atoms with Crippen molar-refractivity contribution in [3.8, 4) is 6.07 Å². The maximum atomic E-state index is 12.6. The number of likely N-dealkylation sites (tertiary alicyclic amines) is 1. The number of amides is 1. The summed E-state index contributed by atoms with van der Waals surface area (Å²) in [7, 11) is 0. The van der Waals surface area contributed by atoms with Gasteiger partial charge in [0.15, 0.2) is 0 Å². The zero-order valence-corrected chi connectivity index (χ0v) is 15.9. The largest absolute Gasteiger partial charge is 0.338 e. The summed E-state index contributed by atoms with van der Waals surface area (Å²) < 4.78 is 0. The molecule has 0 saturated carbocycles. The predicted molar refractivity (Wildman–Crippen MR) is 104 cm³/mol. The standard InChI is InChI=1S/C20H19N5OS/c1-2-13-9-16-19(22-11-13)18(24-12-23-16)14-5-7-25(8-6-14)20(26)17-4-3-15(10-21)27-17/h3-4,9,11-12,14H,2,5-8H2,1H3. The molecule has 1 aliphatic heterocycles. The highest BCUT2D eigenvalue weighted by Crippen LogP contribution is 2.31. The van der Waals surface area contributed by atoms with E-state index >= 15 is 0 Å². The van der Waals surface area contributed by atoms with Gasteiger partial charge in [0, 0.05) is 25.2 Å². The second-order valence-corrected chi connectivity index (χ2v) is 7.75. The summed E-state index contributed by atoms with van der Waals surface area (Å²) in [5.41, 5.74) is 3.91. The fraction of sp³-hybridized carbons (Fsp3) is 0.350. The molecule has 0 aliphatic carbocycles. The molecule has 3 aromatic heterocycles. The van der Waals surface area contributed by atoms with Gasteiger partial charge < -0.3 is 4.90 Å². The van der Waals surface area contributed by atoms with Crippen LogP contribution in [0.2, 0.25) is 0 Å². The van der Waals surface area contributed by atoms with E-state index in [1.54, 1.807) is 18.5 Å². The average Bonchev–Trinajstić information content (AvgIpc) is 3.22. The predicted octanol–water partition coefficient (Wildman–Crippen LogP) is 3.54. The van der Waals surface area contributed by atoms with Gasteiger partial charge in [-0.15, -0.1) is 11.3 Å². The highest BCUT2D eigenvalue weighted by molar-refractivity contribution is 7.14. The van der Waals surface area contributed by atoms with Crippen LogP contribution in [0.25, 0.3) is 11.0 Å². The fourth-order valence-corrected chi connectivity index (χ4v) is 4.29. The number of piperidine rings is 1. The van der Waals surface area contributed by atoms with E-state index in [0.717, 1.165) is 36.0 Å². The summed E-state index contributed by atoms with van der Waals surface area (Å²) >= 11 is 1.25. The van der Waals surface area contributed by atoms with Gasteiger partial charge in [0.25, 0.3) is 5.91 Å². The highest BCUT2D eigenvalue weighted by atomic mass is 32.1. The number of fused-ring (bicyclic) bond motifs is 1. The van der Waals surface area contributed by atoms with Crippen molar-refractivity contribution in [1.29, 1.82) is 5.26 Å². The molecule has 4 heterocycles. The van der Waals surface area contributed by atoms with Gasteiger partial charge in [-0.1, -0.05) is 6.92 Å². The number of nitrogens with zero attached hydrogens (tertiary/aromatic N) is 5. The lowest BCUT2D eigenvalue weighted by Crippen LogP contribution is -2.37. The number of rotatable bonds is 3. The Kier molecular flexibility index (Phi) is 4.82. The monoisotopic (exact) mass is 377 g/mol. The molecule has 3 aromatic rings. The third kappa shape index (κ3) is 3.40. The number of carbonyl (C=O) groups excluding carboxylic acids is 1. The van der Waals surface area contributed by atoms with Crippen LogP contribution in [0.15, 0.2) is 30.7 Å². The molecule has 0 spiro atoms. The minimum atomic E-state index is 0.0122. The summed E-state index contributed by atoms with van der Waals surface area (Å²) in [6.07, 6.45) is 6.15. The number of aromatic nitrogens is 3. The summed E-state index contributed by atoms with van der Waals surface area (Å²) in [5.74, 6) is 0.288. The van der Waals surface area contributed by atoms with E-state index in [2.05, 4.69) is 34.0 Å². The summed E-state index contributed by atoms with van der Waals surface area (Å²) in [5, 5.41) is 8.94. The van der Waals surface area contributed by atoms with Crippen molar-refractivity contribution < 1.29 is 4.79 Å². The topological polar surface area (TPSA) is 82.8 Å². The second kappa shape index (κ2) is 7.41. The summed E-state index contributed by atoms with van der Waals surface area (Å²) in [4.78, 5) is 29.2. The first-order valence-corrected chi connectivity index (χ1v) is 9.90. The first kappa shape index (κ1) is 17.6. The molecule has 4 rings (SSSR count). The Hall–Kier alpha value is -2.85. The van der Waals surface area contributed by atoms with Crippen molar-refractivity contribution in [3.63, 3.8) is 0 Å². The van der Waals surface area contributed by atoms with Crippen LogP contribution in [0.4, 0.5) is 0 Å². The van der Waals surface area contributed by atoms with Crippen LogP contribution in [0, 0.1) is 11.3 Å². The SMILES string of the molecule is CCc1cnc2c(C3CCN(C(=O)c4ccc(C#N)s4)CC3)ncnc2c1. The van der Waals surface area contributed by atoms with Crippen molar-refractivity contribution >= 4 is 28.3 Å². The fourth-order valence-electron chi connectivity index (χ4n) is 3.52. The Labute approximate surface area is 161 Å². The number of carbonyl (C=O) groups is 1. The van der Waals surface area contributed by atoms with E-state index in [9.17, 15) is 4.79 Å². The normalized spacial score (nSPS) is 15.0. The van der Waals surface area contributed by atoms with Crippen LogP contribution in [0.1, 0.15) is 51.5 Å². The number of nitriles is 1. The van der Waals surface area contributed by atoms with Crippen molar-refractivity contribution in [3.05, 3.63) is 51.7 Å². The average molecular weight is 377 g/mol. The maximum Gasteiger partial charge on any atom is 0.263 e. The van der Waals surface area contributed by atoms with Crippen LogP contribution in [0.3, 0.4) is 0 Å². The van der Waals surface area contributed by atoms with Crippen molar-refractivity contribution in [2.75, 3.05) is 13.1 Å². The quantitative estimate of drug-likeness (QED) is 0.697. The Morgan fingerprint density at radius 1 is 1.30 bits per heavy atom. The molecule has 1 fully saturated rings. The van der Waals surface area contributed by atoms with Gasteiger partial charge in [0.2, 0.25) is 0 Å². The van der Waals surface area contributed by atoms with E-state index in [-0.39, 0.29) is 11.8 Å². The molecule has 0 atom stereocenters. The number of hydrogen-bond donors (Lipinski definition) is 0. The zero-order valence-electron chi connectivity index (χ0n) is 15.1. The van der Waals surface area contributed by atoms with Crippen molar-refractivity contribution in [2.24, 2.45) is 0 Å². The summed E-state index contributed by atoms with van der Waals surface area (Å²) in [6.45, 7) is 3.47. The molecular weight excluding hydrogens is 358 g/mol. The van der Waals surface area contributed by atoms with E-state index in [1.807, 2.05) is 11.1 Å². The van der Waals surface area contributed by atoms with Crippen LogP contribution >= 0.6 is 11.3 Å². The van der Waals surface area contributed by atoms with Crippen molar-refractivity contribution in [2.45, 2.75) is 32.1 Å². The molecule has 0 aromatic carbocycles. The zero-order chi connectivity index (χ0) is 18.8. The maximum absolute atomic E-state index is 12.6. The lowest BCUT2D eigenvalue weighted by Gasteiger charge is -2.31. The molecular formula is C20H19N5OS. The first-order valence-electron chi connectivity index (χ1n) is 9.08. The molecule has 136 valence electrons. The van der Waals surface area contributed by atoms with Gasteiger partial charge in [-0.05, 0) is 43.0 Å². The molecule has 0 radical (unpaired) electrons. The third-order valence-corrected chi connectivity index (χ3v) is 6.04. The van der Waals surface area contributed by atoms with Gasteiger partial charge >= 0.3 is 0 Å². The molecule has 0 bridgehead atoms. The van der Waals surface area contributed by atoms with E-state index in [1.165, 1.54) is 16.9 Å². The van der Waals surface area contributed by atoms with E-state index in [0.29, 0.717) is 22.8 Å². The minimum Gasteiger partial charge on any atom is -0.338 e. The Morgan fingerprint density at radius 2 is 2.11 bits per heavy atom. The molecule has 0 unspecified atom stereocenters. The number of pyridine rings is 1. The Morgan fingerprint density at radius 3 is 2.81 bits per heavy atom. The molecule has 1 aliphatic rings.